The summed E-state index contributed by atoms with van der Waals surface area (Å²) in [5, 5.41) is 69.0. The first-order valence-electron chi connectivity index (χ1n) is 23.7. The molecule has 0 aromatic heterocycles. The predicted octanol–water partition coefficient (Wildman–Crippen LogP) is -4.14. The first-order valence-corrected chi connectivity index (χ1v) is 24.3. The minimum atomic E-state index is -1.79. The molecule has 0 saturated heterocycles. The predicted molar refractivity (Wildman–Crippen MR) is 270 cm³/mol. The third-order valence-electron chi connectivity index (χ3n) is 10.9. The van der Waals surface area contributed by atoms with Gasteiger partial charge in [0.05, 0.1) is 25.6 Å². The SMILES string of the molecule is CC(C)C[C@H](N)C(=O)N[C@@H](CC(=O)O)C(=O)N[C@@H](CCC(=O)O)C(=O)N[C@@H](CCCNC(N)=O)C(=O)N[C@@H](Cc1ccccc1)C(=O)NCC(=O)N[C@@H](CO)C(=O)N[C@@H](Cc1ccc(O)cc1)C(=O)N[C@@H](CS)C(=O)O. The fourth-order valence-electron chi connectivity index (χ4n) is 7.01. The number of carbonyl (C=O) groups excluding carboxylic acids is 9. The zero-order valence-electron chi connectivity index (χ0n) is 41.6. The molecular formula is C47H67N11O17S. The van der Waals surface area contributed by atoms with Gasteiger partial charge in [-0.3, -0.25) is 47.9 Å². The Labute approximate surface area is 441 Å². The second kappa shape index (κ2) is 33.0. The number of amides is 10. The van der Waals surface area contributed by atoms with Crippen molar-refractivity contribution in [2.75, 3.05) is 25.4 Å². The maximum atomic E-state index is 14.1. The molecule has 0 radical (unpaired) electrons. The van der Waals surface area contributed by atoms with Crippen molar-refractivity contribution in [3.63, 3.8) is 0 Å². The monoisotopic (exact) mass is 1090 g/mol. The van der Waals surface area contributed by atoms with E-state index in [-0.39, 0.29) is 56.1 Å². The number of hydrogen-bond acceptors (Lipinski definition) is 16. The Kier molecular flexibility index (Phi) is 27.8. The van der Waals surface area contributed by atoms with Crippen molar-refractivity contribution in [3.05, 3.63) is 65.7 Å². The summed E-state index contributed by atoms with van der Waals surface area (Å²) in [6.45, 7) is 1.50. The molecular weight excluding hydrogens is 1020 g/mol. The summed E-state index contributed by atoms with van der Waals surface area (Å²) >= 11 is 3.93. The summed E-state index contributed by atoms with van der Waals surface area (Å²) in [5.74, 6) is -13.3. The largest absolute Gasteiger partial charge is 0.508 e. The number of nitrogens with two attached hydrogens (primary N) is 2. The number of carbonyl (C=O) groups is 12. The quantitative estimate of drug-likeness (QED) is 0.0234. The molecule has 418 valence electrons. The molecule has 0 spiro atoms. The van der Waals surface area contributed by atoms with Crippen LogP contribution in [0.15, 0.2) is 54.6 Å². The van der Waals surface area contributed by atoms with Gasteiger partial charge in [0, 0.05) is 31.6 Å². The number of rotatable bonds is 34. The fraction of sp³-hybridized carbons (Fsp3) is 0.489. The molecule has 0 unspecified atom stereocenters. The van der Waals surface area contributed by atoms with Gasteiger partial charge >= 0.3 is 23.9 Å². The molecule has 76 heavy (non-hydrogen) atoms. The number of phenols is 1. The van der Waals surface area contributed by atoms with Gasteiger partial charge in [0.25, 0.3) is 0 Å². The molecule has 8 atom stereocenters. The number of benzene rings is 2. The van der Waals surface area contributed by atoms with Gasteiger partial charge in [0.15, 0.2) is 0 Å². The molecule has 0 bridgehead atoms. The van der Waals surface area contributed by atoms with Crippen LogP contribution in [0, 0.1) is 5.92 Å². The van der Waals surface area contributed by atoms with E-state index >= 15 is 0 Å². The van der Waals surface area contributed by atoms with Gasteiger partial charge in [0.2, 0.25) is 47.3 Å². The highest BCUT2D eigenvalue weighted by Gasteiger charge is 2.34. The third-order valence-corrected chi connectivity index (χ3v) is 11.3. The molecule has 18 N–H and O–H groups in total. The Hall–Kier alpha value is -8.05. The van der Waals surface area contributed by atoms with Crippen LogP contribution >= 0.6 is 12.6 Å². The van der Waals surface area contributed by atoms with Crippen LogP contribution in [-0.4, -0.2) is 171 Å². The van der Waals surface area contributed by atoms with Crippen LogP contribution in [0.3, 0.4) is 0 Å². The highest BCUT2D eigenvalue weighted by Crippen LogP contribution is 2.13. The molecule has 0 aliphatic heterocycles. The number of carboxylic acids is 3. The molecule has 28 nitrogen and oxygen atoms in total. The number of carboxylic acid groups (broad SMARTS) is 3. The van der Waals surface area contributed by atoms with E-state index in [4.69, 9.17) is 11.5 Å². The summed E-state index contributed by atoms with van der Waals surface area (Å²) in [4.78, 5) is 154. The first-order chi connectivity index (χ1) is 35.8. The lowest BCUT2D eigenvalue weighted by molar-refractivity contribution is -0.142. The van der Waals surface area contributed by atoms with Crippen LogP contribution in [0.1, 0.15) is 63.5 Å². The number of hydrogen-bond donors (Lipinski definition) is 17. The number of nitrogens with one attached hydrogen (secondary N) is 9. The zero-order chi connectivity index (χ0) is 57.1. The van der Waals surface area contributed by atoms with Gasteiger partial charge in [-0.25, -0.2) is 9.59 Å². The van der Waals surface area contributed by atoms with Crippen LogP contribution in [0.2, 0.25) is 0 Å². The molecule has 29 heteroatoms. The summed E-state index contributed by atoms with van der Waals surface area (Å²) in [5.41, 5.74) is 12.0. The van der Waals surface area contributed by atoms with Gasteiger partial charge in [-0.2, -0.15) is 12.6 Å². The lowest BCUT2D eigenvalue weighted by atomic mass is 10.0. The molecule has 0 aliphatic rings. The van der Waals surface area contributed by atoms with E-state index < -0.39 is 152 Å². The Balaban J connectivity index is 2.37. The van der Waals surface area contributed by atoms with Crippen LogP contribution < -0.4 is 59.3 Å². The fourth-order valence-corrected chi connectivity index (χ4v) is 7.26. The van der Waals surface area contributed by atoms with Crippen molar-refractivity contribution < 1.29 is 83.1 Å². The molecule has 0 aliphatic carbocycles. The number of aromatic hydroxyl groups is 1. The lowest BCUT2D eigenvalue weighted by Gasteiger charge is -2.27. The Morgan fingerprint density at radius 1 is 0.566 bits per heavy atom. The molecule has 2 rings (SSSR count). The average molecular weight is 1090 g/mol. The van der Waals surface area contributed by atoms with E-state index in [1.54, 1.807) is 44.2 Å². The number of aliphatic hydroxyl groups excluding tert-OH is 1. The minimum absolute atomic E-state index is 0.0487. The van der Waals surface area contributed by atoms with E-state index in [1.165, 1.54) is 24.3 Å². The van der Waals surface area contributed by atoms with E-state index in [9.17, 15) is 83.1 Å². The standard InChI is InChI=1S/C47H67N11O17S/c1-24(2)17-28(48)39(66)55-33(20-38(64)65)44(71)54-30(14-15-37(62)63)42(69)53-29(9-6-16-50-47(49)75)41(68)56-31(18-25-7-4-3-5-8-25)40(67)51-21-36(61)52-34(22-59)45(72)57-32(19-26-10-12-27(60)13-11-26)43(70)58-35(23-76)46(73)74/h3-5,7-8,10-13,24,28-35,59-60,76H,6,9,14-23,48H2,1-2H3,(H,51,67)(H,52,61)(H,53,69)(H,54,71)(H,55,66)(H,56,68)(H,57,72)(H,58,70)(H,62,63)(H,64,65)(H,73,74)(H3,49,50,75)/t28-,29-,30-,31-,32-,33-,34-,35-/m0/s1. The molecule has 2 aromatic rings. The molecule has 2 aromatic carbocycles. The lowest BCUT2D eigenvalue weighted by Crippen LogP contribution is -2.60. The number of aliphatic carboxylic acids is 3. The van der Waals surface area contributed by atoms with Gasteiger partial charge in [-0.1, -0.05) is 56.3 Å². The van der Waals surface area contributed by atoms with Crippen molar-refractivity contribution in [1.29, 1.82) is 0 Å². The second-order valence-corrected chi connectivity index (χ2v) is 18.0. The van der Waals surface area contributed by atoms with Crippen molar-refractivity contribution in [2.24, 2.45) is 17.4 Å². The first kappa shape index (κ1) is 64.1. The Morgan fingerprint density at radius 3 is 1.57 bits per heavy atom. The molecule has 10 amide bonds. The summed E-state index contributed by atoms with van der Waals surface area (Å²) in [6.07, 6.45) is -2.96. The highest BCUT2D eigenvalue weighted by atomic mass is 32.1. The maximum absolute atomic E-state index is 14.1. The third kappa shape index (κ3) is 24.3. The smallest absolute Gasteiger partial charge is 0.327 e. The van der Waals surface area contributed by atoms with Crippen LogP contribution in [0.4, 0.5) is 4.79 Å². The van der Waals surface area contributed by atoms with Crippen molar-refractivity contribution in [1.82, 2.24) is 47.9 Å². The Bertz CT molecular complexity index is 2350. The highest BCUT2D eigenvalue weighted by molar-refractivity contribution is 7.80. The summed E-state index contributed by atoms with van der Waals surface area (Å²) in [6, 6.07) is 0.106. The summed E-state index contributed by atoms with van der Waals surface area (Å²) in [7, 11) is 0. The number of primary amides is 1. The van der Waals surface area contributed by atoms with Crippen LogP contribution in [0.25, 0.3) is 0 Å². The van der Waals surface area contributed by atoms with Gasteiger partial charge in [0.1, 0.15) is 48.0 Å². The van der Waals surface area contributed by atoms with Gasteiger partial charge in [-0.15, -0.1) is 0 Å². The maximum Gasteiger partial charge on any atom is 0.327 e. The van der Waals surface area contributed by atoms with Crippen molar-refractivity contribution >= 4 is 83.8 Å². The number of thiol groups is 1. The van der Waals surface area contributed by atoms with Crippen molar-refractivity contribution in [2.45, 2.75) is 114 Å². The zero-order valence-corrected chi connectivity index (χ0v) is 42.5. The average Bonchev–Trinajstić information content (AvgIpc) is 3.35. The molecule has 0 heterocycles. The number of urea groups is 1. The van der Waals surface area contributed by atoms with E-state index in [2.05, 4.69) is 60.5 Å². The van der Waals surface area contributed by atoms with Gasteiger partial charge < -0.3 is 84.9 Å². The van der Waals surface area contributed by atoms with Crippen LogP contribution in [0.5, 0.6) is 5.75 Å². The second-order valence-electron chi connectivity index (χ2n) is 17.7. The molecule has 0 fully saturated rings. The normalized spacial score (nSPS) is 14.0. The molecule has 0 saturated carbocycles. The van der Waals surface area contributed by atoms with Gasteiger partial charge in [-0.05, 0) is 54.9 Å². The van der Waals surface area contributed by atoms with E-state index in [0.29, 0.717) is 11.1 Å². The van der Waals surface area contributed by atoms with E-state index in [1.807, 2.05) is 0 Å². The topological polar surface area (TPSA) is 466 Å². The van der Waals surface area contributed by atoms with E-state index in [0.717, 1.165) is 0 Å². The summed E-state index contributed by atoms with van der Waals surface area (Å²) < 4.78 is 0. The number of aliphatic hydroxyl groups is 1. The Morgan fingerprint density at radius 2 is 1.05 bits per heavy atom. The minimum Gasteiger partial charge on any atom is -0.508 e. The van der Waals surface area contributed by atoms with Crippen molar-refractivity contribution in [3.8, 4) is 5.75 Å². The van der Waals surface area contributed by atoms with Crippen LogP contribution in [-0.2, 0) is 65.6 Å². The number of phenolic OH excluding ortho intramolecular Hbond substituents is 1.